The molecule has 0 saturated heterocycles. The van der Waals surface area contributed by atoms with Crippen molar-refractivity contribution in [3.63, 3.8) is 0 Å². The van der Waals surface area contributed by atoms with Crippen molar-refractivity contribution in [1.29, 1.82) is 0 Å². The van der Waals surface area contributed by atoms with E-state index in [1.54, 1.807) is 0 Å². The van der Waals surface area contributed by atoms with Crippen molar-refractivity contribution < 1.29 is 28.6 Å². The van der Waals surface area contributed by atoms with Gasteiger partial charge in [0.1, 0.15) is 13.2 Å². The zero-order valence-corrected chi connectivity index (χ0v) is 51.0. The highest BCUT2D eigenvalue weighted by Gasteiger charge is 2.19. The molecule has 0 amide bonds. The molecule has 6 heteroatoms. The second-order valence-electron chi connectivity index (χ2n) is 22.0. The molecule has 0 rings (SSSR count). The van der Waals surface area contributed by atoms with Crippen LogP contribution in [-0.4, -0.2) is 37.2 Å². The lowest BCUT2D eigenvalue weighted by molar-refractivity contribution is -0.167. The molecule has 0 N–H and O–H groups in total. The first-order chi connectivity index (χ1) is 38.0. The predicted molar refractivity (Wildman–Crippen MR) is 334 cm³/mol. The summed E-state index contributed by atoms with van der Waals surface area (Å²) in [5.74, 6) is -0.879. The van der Waals surface area contributed by atoms with E-state index in [0.717, 1.165) is 122 Å². The van der Waals surface area contributed by atoms with E-state index in [0.29, 0.717) is 19.3 Å². The summed E-state index contributed by atoms with van der Waals surface area (Å²) < 4.78 is 16.9. The number of hydrogen-bond acceptors (Lipinski definition) is 6. The van der Waals surface area contributed by atoms with Crippen molar-refractivity contribution in [2.75, 3.05) is 13.2 Å². The Kier molecular flexibility index (Phi) is 62.2. The molecule has 0 aliphatic heterocycles. The Hall–Kier alpha value is -3.41. The van der Waals surface area contributed by atoms with Crippen LogP contribution in [0.5, 0.6) is 0 Å². The Bertz CT molecular complexity index is 1470. The first-order valence-electron chi connectivity index (χ1n) is 33.1. The molecule has 0 aromatic rings. The number of carbonyl (C=O) groups excluding carboxylic acids is 3. The molecule has 0 spiro atoms. The quantitative estimate of drug-likeness (QED) is 0.0261. The van der Waals surface area contributed by atoms with Crippen LogP contribution in [0.3, 0.4) is 0 Å². The predicted octanol–water partition coefficient (Wildman–Crippen LogP) is 22.7. The molecule has 77 heavy (non-hydrogen) atoms. The summed E-state index contributed by atoms with van der Waals surface area (Å²) >= 11 is 0. The van der Waals surface area contributed by atoms with Crippen LogP contribution in [0.4, 0.5) is 0 Å². The van der Waals surface area contributed by atoms with E-state index in [9.17, 15) is 14.4 Å². The fourth-order valence-electron chi connectivity index (χ4n) is 9.48. The smallest absolute Gasteiger partial charge is 0.306 e. The largest absolute Gasteiger partial charge is 0.462 e. The standard InChI is InChI=1S/C71H124O6/c1-4-7-10-13-16-19-22-25-28-30-31-32-33-34-35-36-37-38-39-41-43-46-49-52-55-58-61-64-70(73)76-67-68(66-75-69(72)63-60-57-54-51-48-45-42-27-24-21-18-15-12-9-6-3)77-71(74)65-62-59-56-53-50-47-44-40-29-26-23-20-17-14-11-8-5-2/h7,10,16,19,25,28,31-32,34-35,37-38,41,43,68H,4-6,8-9,11-15,17-18,20-24,26-27,29-30,33,36,39-40,42,44-67H2,1-3H3/b10-7-,19-16-,28-25-,32-31-,35-34-,38-37-,43-41-. The number of unbranched alkanes of at least 4 members (excludes halogenated alkanes) is 35. The van der Waals surface area contributed by atoms with Gasteiger partial charge in [0, 0.05) is 19.3 Å². The van der Waals surface area contributed by atoms with Gasteiger partial charge < -0.3 is 14.2 Å². The maximum absolute atomic E-state index is 12.9. The van der Waals surface area contributed by atoms with Crippen molar-refractivity contribution in [3.8, 4) is 0 Å². The molecular formula is C71H124O6. The van der Waals surface area contributed by atoms with Gasteiger partial charge in [0.05, 0.1) is 0 Å². The minimum Gasteiger partial charge on any atom is -0.462 e. The van der Waals surface area contributed by atoms with Crippen molar-refractivity contribution >= 4 is 17.9 Å². The van der Waals surface area contributed by atoms with E-state index < -0.39 is 6.10 Å². The van der Waals surface area contributed by atoms with Gasteiger partial charge in [-0.1, -0.05) is 318 Å². The molecule has 0 aliphatic carbocycles. The number of carbonyl (C=O) groups is 3. The van der Waals surface area contributed by atoms with Crippen molar-refractivity contribution in [2.24, 2.45) is 0 Å². The zero-order chi connectivity index (χ0) is 55.7. The third kappa shape index (κ3) is 63.3. The van der Waals surface area contributed by atoms with E-state index in [1.165, 1.54) is 167 Å². The normalized spacial score (nSPS) is 12.6. The number of ether oxygens (including phenoxy) is 3. The van der Waals surface area contributed by atoms with Crippen LogP contribution in [0, 0.1) is 0 Å². The maximum Gasteiger partial charge on any atom is 0.306 e. The van der Waals surface area contributed by atoms with Crippen molar-refractivity contribution in [2.45, 2.75) is 335 Å². The average Bonchev–Trinajstić information content (AvgIpc) is 3.43. The van der Waals surface area contributed by atoms with Gasteiger partial charge in [0.25, 0.3) is 0 Å². The second-order valence-corrected chi connectivity index (χ2v) is 22.0. The molecule has 0 saturated carbocycles. The van der Waals surface area contributed by atoms with Gasteiger partial charge in [-0.15, -0.1) is 0 Å². The number of allylic oxidation sites excluding steroid dienone is 14. The number of esters is 3. The topological polar surface area (TPSA) is 78.9 Å². The second kappa shape index (κ2) is 65.1. The SMILES string of the molecule is CC/C=C\C/C=C\C/C=C\C/C=C\C/C=C\C/C=C\C/C=C\CCCCCCCC(=O)OCC(COC(=O)CCCCCCCCCCCCCCCCC)OC(=O)CCCCCCCCCCCCCCCCCCC. The molecule has 0 aromatic carbocycles. The molecule has 0 bridgehead atoms. The van der Waals surface area contributed by atoms with Gasteiger partial charge in [-0.25, -0.2) is 0 Å². The molecule has 0 aliphatic rings. The van der Waals surface area contributed by atoms with E-state index in [1.807, 2.05) is 0 Å². The fraction of sp³-hybridized carbons (Fsp3) is 0.761. The van der Waals surface area contributed by atoms with Gasteiger partial charge in [-0.05, 0) is 77.0 Å². The fourth-order valence-corrected chi connectivity index (χ4v) is 9.48. The molecule has 444 valence electrons. The highest BCUT2D eigenvalue weighted by atomic mass is 16.6. The van der Waals surface area contributed by atoms with Crippen LogP contribution in [0.25, 0.3) is 0 Å². The van der Waals surface area contributed by atoms with Gasteiger partial charge >= 0.3 is 17.9 Å². The van der Waals surface area contributed by atoms with E-state index >= 15 is 0 Å². The minimum absolute atomic E-state index is 0.0779. The maximum atomic E-state index is 12.9. The lowest BCUT2D eigenvalue weighted by Crippen LogP contribution is -2.30. The van der Waals surface area contributed by atoms with Crippen LogP contribution in [0.1, 0.15) is 329 Å². The summed E-state index contributed by atoms with van der Waals surface area (Å²) in [5.41, 5.74) is 0. The Morgan fingerprint density at radius 2 is 0.506 bits per heavy atom. The van der Waals surface area contributed by atoms with Gasteiger partial charge in [0.15, 0.2) is 6.10 Å². The molecule has 1 unspecified atom stereocenters. The summed E-state index contributed by atoms with van der Waals surface area (Å²) in [6.45, 7) is 6.56. The van der Waals surface area contributed by atoms with Crippen molar-refractivity contribution in [3.05, 3.63) is 85.1 Å². The zero-order valence-electron chi connectivity index (χ0n) is 51.0. The Morgan fingerprint density at radius 1 is 0.273 bits per heavy atom. The van der Waals surface area contributed by atoms with Crippen LogP contribution >= 0.6 is 0 Å². The van der Waals surface area contributed by atoms with E-state index in [-0.39, 0.29) is 31.1 Å². The Balaban J connectivity index is 4.36. The highest BCUT2D eigenvalue weighted by molar-refractivity contribution is 5.71. The van der Waals surface area contributed by atoms with Crippen LogP contribution in [0.2, 0.25) is 0 Å². The monoisotopic (exact) mass is 1070 g/mol. The Morgan fingerprint density at radius 3 is 0.792 bits per heavy atom. The molecule has 0 radical (unpaired) electrons. The number of hydrogen-bond donors (Lipinski definition) is 0. The lowest BCUT2D eigenvalue weighted by Gasteiger charge is -2.18. The summed E-state index contributed by atoms with van der Waals surface area (Å²) in [5, 5.41) is 0. The van der Waals surface area contributed by atoms with Crippen LogP contribution in [-0.2, 0) is 28.6 Å². The third-order valence-electron chi connectivity index (χ3n) is 14.4. The molecule has 0 heterocycles. The Labute approximate surface area is 477 Å². The highest BCUT2D eigenvalue weighted by Crippen LogP contribution is 2.17. The molecule has 0 fully saturated rings. The first-order valence-corrected chi connectivity index (χ1v) is 33.1. The summed E-state index contributed by atoms with van der Waals surface area (Å²) in [4.78, 5) is 38.4. The van der Waals surface area contributed by atoms with Gasteiger partial charge in [-0.3, -0.25) is 14.4 Å². The average molecular weight is 1070 g/mol. The van der Waals surface area contributed by atoms with E-state index in [2.05, 4.69) is 106 Å². The molecular weight excluding hydrogens is 949 g/mol. The van der Waals surface area contributed by atoms with Crippen LogP contribution < -0.4 is 0 Å². The molecule has 6 nitrogen and oxygen atoms in total. The van der Waals surface area contributed by atoms with Crippen LogP contribution in [0.15, 0.2) is 85.1 Å². The summed E-state index contributed by atoms with van der Waals surface area (Å²) in [7, 11) is 0. The minimum atomic E-state index is -0.783. The third-order valence-corrected chi connectivity index (χ3v) is 14.4. The van der Waals surface area contributed by atoms with Gasteiger partial charge in [-0.2, -0.15) is 0 Å². The molecule has 1 atom stereocenters. The van der Waals surface area contributed by atoms with E-state index in [4.69, 9.17) is 14.2 Å². The lowest BCUT2D eigenvalue weighted by atomic mass is 10.0. The summed E-state index contributed by atoms with van der Waals surface area (Å²) in [6, 6.07) is 0. The molecule has 0 aromatic heterocycles. The van der Waals surface area contributed by atoms with Crippen molar-refractivity contribution in [1.82, 2.24) is 0 Å². The van der Waals surface area contributed by atoms with Gasteiger partial charge in [0.2, 0.25) is 0 Å². The number of rotatable bonds is 60. The summed E-state index contributed by atoms with van der Waals surface area (Å²) in [6.07, 6.45) is 85.9. The first kappa shape index (κ1) is 73.6.